The number of rotatable bonds is 10. The molecule has 0 radical (unpaired) electrons. The molecule has 40 heavy (non-hydrogen) atoms. The standard InChI is InChI=1S/C26H28ClN5O3S.H3NO2S/c1-32(2)15-7-9-18-8-6-10-20(16-18)36(33,34)31-26-25(28-22-11-4-5-12-23(22)29-26)30-24-17-19(35-3)13-14-21(24)27;1-4(2)3/h4-6,8,10-14,16-17H,7,9,15H2,1-3H3,(H,28,30)(H,29,31);4H,(H2,1,2,3). The van der Waals surface area contributed by atoms with Crippen molar-refractivity contribution >= 4 is 60.9 Å². The first-order chi connectivity index (χ1) is 19.0. The van der Waals surface area contributed by atoms with Crippen molar-refractivity contribution in [3.8, 4) is 5.75 Å². The molecular weight excluding hydrogens is 576 g/mol. The van der Waals surface area contributed by atoms with Gasteiger partial charge in [0.15, 0.2) is 22.5 Å². The molecule has 0 bridgehead atoms. The maximum absolute atomic E-state index is 13.4. The molecular formula is C26H31ClN6O5S2. The zero-order valence-corrected chi connectivity index (χ0v) is 24.6. The van der Waals surface area contributed by atoms with Crippen LogP contribution in [0.4, 0.5) is 17.3 Å². The van der Waals surface area contributed by atoms with Gasteiger partial charge >= 0.3 is 0 Å². The Morgan fingerprint density at radius 2 is 1.62 bits per heavy atom. The lowest BCUT2D eigenvalue weighted by atomic mass is 10.1. The Hall–Kier alpha value is -3.49. The number of nitrogens with two attached hydrogens (primary N) is 1. The molecule has 0 amide bonds. The number of para-hydroxylation sites is 2. The molecule has 4 N–H and O–H groups in total. The minimum atomic E-state index is -3.94. The molecule has 0 unspecified atom stereocenters. The first-order valence-corrected chi connectivity index (χ1v) is 15.1. The summed E-state index contributed by atoms with van der Waals surface area (Å²) in [5, 5.41) is 7.60. The van der Waals surface area contributed by atoms with Crippen molar-refractivity contribution in [1.29, 1.82) is 0 Å². The zero-order chi connectivity index (χ0) is 29.3. The zero-order valence-electron chi connectivity index (χ0n) is 22.2. The number of thiol groups is 1. The molecule has 0 aliphatic heterocycles. The maximum atomic E-state index is 13.4. The van der Waals surface area contributed by atoms with E-state index in [0.717, 1.165) is 24.9 Å². The van der Waals surface area contributed by atoms with Gasteiger partial charge in [-0.15, -0.1) is 0 Å². The lowest BCUT2D eigenvalue weighted by molar-refractivity contribution is 0.400. The summed E-state index contributed by atoms with van der Waals surface area (Å²) < 4.78 is 52.3. The Labute approximate surface area is 240 Å². The highest BCUT2D eigenvalue weighted by atomic mass is 35.5. The average Bonchev–Trinajstić information content (AvgIpc) is 2.89. The van der Waals surface area contributed by atoms with Crippen molar-refractivity contribution in [3.63, 3.8) is 0 Å². The number of anilines is 3. The molecule has 0 atom stereocenters. The van der Waals surface area contributed by atoms with E-state index in [4.69, 9.17) is 24.8 Å². The Morgan fingerprint density at radius 1 is 0.975 bits per heavy atom. The summed E-state index contributed by atoms with van der Waals surface area (Å²) in [5.74, 6) is 0.865. The number of aromatic nitrogens is 2. The molecule has 0 fully saturated rings. The number of hydrogen-bond donors (Lipinski definition) is 4. The number of sulfonamides is 1. The molecule has 0 aliphatic rings. The van der Waals surface area contributed by atoms with Crippen LogP contribution >= 0.6 is 11.6 Å². The van der Waals surface area contributed by atoms with Crippen LogP contribution in [0.25, 0.3) is 11.0 Å². The number of nitrogens with zero attached hydrogens (tertiary/aromatic N) is 3. The van der Waals surface area contributed by atoms with E-state index in [0.29, 0.717) is 27.5 Å². The number of hydrogen-bond acceptors (Lipinski definition) is 9. The van der Waals surface area contributed by atoms with Crippen LogP contribution in [0.2, 0.25) is 5.02 Å². The number of aryl methyl sites for hydroxylation is 1. The van der Waals surface area contributed by atoms with Crippen LogP contribution in [-0.2, 0) is 27.3 Å². The van der Waals surface area contributed by atoms with Gasteiger partial charge in [0, 0.05) is 6.07 Å². The summed E-state index contributed by atoms with van der Waals surface area (Å²) in [6.07, 6.45) is 1.70. The molecule has 4 aromatic rings. The third-order valence-electron chi connectivity index (χ3n) is 5.51. The van der Waals surface area contributed by atoms with Gasteiger partial charge in [0.2, 0.25) is 0 Å². The molecule has 0 spiro atoms. The van der Waals surface area contributed by atoms with Crippen LogP contribution in [0.1, 0.15) is 12.0 Å². The summed E-state index contributed by atoms with van der Waals surface area (Å²) in [4.78, 5) is 11.4. The van der Waals surface area contributed by atoms with Crippen molar-refractivity contribution in [3.05, 3.63) is 77.3 Å². The third kappa shape index (κ3) is 9.03. The summed E-state index contributed by atoms with van der Waals surface area (Å²) in [6, 6.07) is 19.3. The van der Waals surface area contributed by atoms with E-state index < -0.39 is 20.9 Å². The monoisotopic (exact) mass is 606 g/mol. The smallest absolute Gasteiger partial charge is 0.263 e. The number of methoxy groups -OCH3 is 1. The summed E-state index contributed by atoms with van der Waals surface area (Å²) in [6.45, 7) is 0.920. The van der Waals surface area contributed by atoms with E-state index in [1.165, 1.54) is 0 Å². The molecule has 1 aromatic heterocycles. The highest BCUT2D eigenvalue weighted by molar-refractivity contribution is 7.92. The van der Waals surface area contributed by atoms with E-state index in [1.54, 1.807) is 55.6 Å². The van der Waals surface area contributed by atoms with E-state index >= 15 is 0 Å². The van der Waals surface area contributed by atoms with Gasteiger partial charge in [-0.2, -0.15) is 0 Å². The summed E-state index contributed by atoms with van der Waals surface area (Å²) >= 11 is 6.37. The third-order valence-corrected chi connectivity index (χ3v) is 7.17. The quantitative estimate of drug-likeness (QED) is 0.197. The minimum absolute atomic E-state index is 0.0607. The maximum Gasteiger partial charge on any atom is 0.263 e. The molecule has 1 heterocycles. The Kier molecular flexibility index (Phi) is 11.0. The van der Waals surface area contributed by atoms with Gasteiger partial charge < -0.3 is 15.0 Å². The van der Waals surface area contributed by atoms with Crippen LogP contribution in [0.5, 0.6) is 5.75 Å². The molecule has 14 heteroatoms. The predicted octanol–water partition coefficient (Wildman–Crippen LogP) is 3.80. The van der Waals surface area contributed by atoms with Crippen LogP contribution in [-0.4, -0.2) is 59.5 Å². The van der Waals surface area contributed by atoms with E-state index in [9.17, 15) is 8.42 Å². The first-order valence-electron chi connectivity index (χ1n) is 12.0. The second-order valence-electron chi connectivity index (χ2n) is 8.83. The SMILES string of the molecule is COc1ccc(Cl)c(Nc2nc3ccccc3nc2NS(=O)(=O)c2cccc(CCCN(C)C)c2)c1.N[SH](=O)=O. The Bertz CT molecular complexity index is 1640. The number of halogens is 1. The van der Waals surface area contributed by atoms with E-state index in [1.807, 2.05) is 32.3 Å². The largest absolute Gasteiger partial charge is 0.497 e. The van der Waals surface area contributed by atoms with Gasteiger partial charge in [-0.25, -0.2) is 31.9 Å². The van der Waals surface area contributed by atoms with Gasteiger partial charge in [-0.3, -0.25) is 4.72 Å². The van der Waals surface area contributed by atoms with Gasteiger partial charge in [0.25, 0.3) is 10.0 Å². The second-order valence-corrected chi connectivity index (χ2v) is 11.5. The summed E-state index contributed by atoms with van der Waals surface area (Å²) in [5.41, 5.74) is 2.61. The van der Waals surface area contributed by atoms with Crippen molar-refractivity contribution in [1.82, 2.24) is 14.9 Å². The highest BCUT2D eigenvalue weighted by Gasteiger charge is 2.20. The molecule has 214 valence electrons. The lowest BCUT2D eigenvalue weighted by Gasteiger charge is -2.15. The number of ether oxygens (including phenoxy) is 1. The van der Waals surface area contributed by atoms with E-state index in [-0.39, 0.29) is 16.5 Å². The minimum Gasteiger partial charge on any atom is -0.497 e. The fourth-order valence-electron chi connectivity index (χ4n) is 3.67. The molecule has 11 nitrogen and oxygen atoms in total. The Morgan fingerprint density at radius 3 is 2.25 bits per heavy atom. The van der Waals surface area contributed by atoms with Gasteiger partial charge in [0.05, 0.1) is 33.7 Å². The molecule has 4 rings (SSSR count). The van der Waals surface area contributed by atoms with Crippen molar-refractivity contribution in [2.75, 3.05) is 37.8 Å². The van der Waals surface area contributed by atoms with Crippen LogP contribution in [0.15, 0.2) is 71.6 Å². The number of fused-ring (bicyclic) bond motifs is 1. The topological polar surface area (TPSA) is 157 Å². The molecule has 3 aromatic carbocycles. The second kappa shape index (κ2) is 14.2. The van der Waals surface area contributed by atoms with E-state index in [2.05, 4.69) is 30.0 Å². The van der Waals surface area contributed by atoms with Gasteiger partial charge in [-0.05, 0) is 75.4 Å². The van der Waals surface area contributed by atoms with Crippen molar-refractivity contribution in [2.24, 2.45) is 5.14 Å². The first kappa shape index (κ1) is 31.0. The Balaban J connectivity index is 0.00000103. The highest BCUT2D eigenvalue weighted by Crippen LogP contribution is 2.32. The fraction of sp³-hybridized carbons (Fsp3) is 0.231. The normalized spacial score (nSPS) is 11.3. The van der Waals surface area contributed by atoms with Gasteiger partial charge in [0.1, 0.15) is 5.75 Å². The van der Waals surface area contributed by atoms with Gasteiger partial charge in [-0.1, -0.05) is 35.9 Å². The van der Waals surface area contributed by atoms with Crippen molar-refractivity contribution < 1.29 is 21.6 Å². The van der Waals surface area contributed by atoms with Crippen LogP contribution < -0.4 is 19.9 Å². The molecule has 0 saturated heterocycles. The molecule has 0 saturated carbocycles. The average molecular weight is 607 g/mol. The number of benzene rings is 3. The number of nitrogens with one attached hydrogen (secondary N) is 2. The predicted molar refractivity (Wildman–Crippen MR) is 159 cm³/mol. The molecule has 0 aliphatic carbocycles. The lowest BCUT2D eigenvalue weighted by Crippen LogP contribution is -2.16. The summed E-state index contributed by atoms with van der Waals surface area (Å²) in [7, 11) is -0.985. The fourth-order valence-corrected chi connectivity index (χ4v) is 4.91. The van der Waals surface area contributed by atoms with Crippen molar-refractivity contribution in [2.45, 2.75) is 17.7 Å². The van der Waals surface area contributed by atoms with Crippen LogP contribution in [0, 0.1) is 0 Å². The van der Waals surface area contributed by atoms with Crippen LogP contribution in [0.3, 0.4) is 0 Å².